The highest BCUT2D eigenvalue weighted by molar-refractivity contribution is 4.95. The molecule has 0 aliphatic carbocycles. The molecule has 0 unspecified atom stereocenters. The first-order valence-electron chi connectivity index (χ1n) is 14.3. The highest BCUT2D eigenvalue weighted by Crippen LogP contribution is 2.31. The van der Waals surface area contributed by atoms with Crippen LogP contribution in [0.1, 0.15) is 6.92 Å². The molecule has 4 fully saturated rings. The monoisotopic (exact) mass is 664 g/mol. The van der Waals surface area contributed by atoms with Gasteiger partial charge in [-0.1, -0.05) is 0 Å². The summed E-state index contributed by atoms with van der Waals surface area (Å²) in [5, 5.41) is 122. The second kappa shape index (κ2) is 15.6. The average Bonchev–Trinajstić information content (AvgIpc) is 3.02. The van der Waals surface area contributed by atoms with Gasteiger partial charge in [0.2, 0.25) is 0 Å². The van der Waals surface area contributed by atoms with Crippen LogP contribution in [0, 0.1) is 0 Å². The predicted molar refractivity (Wildman–Crippen MR) is 137 cm³/mol. The van der Waals surface area contributed by atoms with Crippen molar-refractivity contribution >= 4 is 0 Å². The lowest BCUT2D eigenvalue weighted by molar-refractivity contribution is -0.362. The fourth-order valence-electron chi connectivity index (χ4n) is 5.56. The van der Waals surface area contributed by atoms with Gasteiger partial charge < -0.3 is 99.2 Å². The largest absolute Gasteiger partial charge is 0.394 e. The van der Waals surface area contributed by atoms with E-state index in [1.54, 1.807) is 0 Å². The van der Waals surface area contributed by atoms with E-state index in [2.05, 4.69) is 0 Å². The maximum absolute atomic E-state index is 10.5. The van der Waals surface area contributed by atoms with Gasteiger partial charge in [-0.25, -0.2) is 0 Å². The van der Waals surface area contributed by atoms with E-state index in [0.29, 0.717) is 0 Å². The minimum atomic E-state index is -1.85. The Balaban J connectivity index is 1.37. The molecule has 4 rings (SSSR count). The van der Waals surface area contributed by atoms with Crippen LogP contribution in [0.2, 0.25) is 0 Å². The Morgan fingerprint density at radius 3 is 1.38 bits per heavy atom. The van der Waals surface area contributed by atoms with Gasteiger partial charge >= 0.3 is 0 Å². The lowest BCUT2D eigenvalue weighted by Crippen LogP contribution is -2.64. The van der Waals surface area contributed by atoms with Crippen molar-refractivity contribution < 1.29 is 99.2 Å². The molecule has 0 saturated carbocycles. The molecule has 4 aliphatic rings. The van der Waals surface area contributed by atoms with Gasteiger partial charge in [-0.15, -0.1) is 0 Å². The Morgan fingerprint density at radius 1 is 0.489 bits per heavy atom. The van der Waals surface area contributed by atoms with Crippen LogP contribution in [0.25, 0.3) is 0 Å². The van der Waals surface area contributed by atoms with Crippen LogP contribution in [0.15, 0.2) is 0 Å². The summed E-state index contributed by atoms with van der Waals surface area (Å²) in [5.74, 6) is 0. The fraction of sp³-hybridized carbons (Fsp3) is 1.00. The van der Waals surface area contributed by atoms with Crippen molar-refractivity contribution in [1.82, 2.24) is 0 Å². The van der Waals surface area contributed by atoms with E-state index >= 15 is 0 Å². The molecular weight excluding hydrogens is 620 g/mol. The summed E-state index contributed by atoms with van der Waals surface area (Å²) >= 11 is 0. The topological polar surface area (TPSA) is 317 Å². The minimum absolute atomic E-state index is 0.611. The molecule has 0 spiro atoms. The summed E-state index contributed by atoms with van der Waals surface area (Å²) in [7, 11) is 1.24. The zero-order chi connectivity index (χ0) is 33.3. The zero-order valence-corrected chi connectivity index (χ0v) is 24.3. The molecule has 0 aromatic rings. The van der Waals surface area contributed by atoms with Crippen LogP contribution in [-0.4, -0.2) is 211 Å². The van der Waals surface area contributed by atoms with Crippen molar-refractivity contribution in [3.8, 4) is 0 Å². The lowest BCUT2D eigenvalue weighted by Gasteiger charge is -2.46. The number of hydrogen-bond donors (Lipinski definition) is 12. The van der Waals surface area contributed by atoms with Gasteiger partial charge in [0.15, 0.2) is 25.2 Å². The second-order valence-electron chi connectivity index (χ2n) is 11.4. The highest BCUT2D eigenvalue weighted by Gasteiger charge is 2.51. The first-order valence-corrected chi connectivity index (χ1v) is 14.3. The maximum Gasteiger partial charge on any atom is 0.187 e. The molecule has 0 bridgehead atoms. The summed E-state index contributed by atoms with van der Waals surface area (Å²) in [6.45, 7) is -0.473. The van der Waals surface area contributed by atoms with Crippen LogP contribution in [-0.2, 0) is 37.9 Å². The van der Waals surface area contributed by atoms with Gasteiger partial charge in [0.1, 0.15) is 91.6 Å². The van der Waals surface area contributed by atoms with Crippen LogP contribution in [0.5, 0.6) is 0 Å². The molecule has 0 aromatic carbocycles. The van der Waals surface area contributed by atoms with Gasteiger partial charge in [-0.3, -0.25) is 0 Å². The standard InChI is InChI=1S/C25H44O20/c1-6-20(21(38-2)19(36)22(37)41-6)45-25-18(35)15(32)12(29)9(44-25)5-40-24-17(34)14(31)11(28)8(43-24)4-39-23-16(33)13(30)10(27)7(3-26)42-23/h6-37H,3-5H2,1-2H3/t6-,7-,8-,9-,10-,11-,12-,13+,14+,15+,16-,17-,18-,19-,20+,21-,22-,23-,24-,25+/m1/s1. The van der Waals surface area contributed by atoms with Gasteiger partial charge in [0.05, 0.1) is 25.9 Å². The molecular formula is C25H44O20. The highest BCUT2D eigenvalue weighted by atomic mass is 16.8. The SMILES string of the molecule is CO[C@@H]1[C@@H](O)[C@H](O)O[C@H](C)[C@@H]1O[C@@H]1O[C@H](CO[C@@H]2O[C@H](CO[C@@H]3O[C@H](CO)[C@@H](O)[C@H](O)[C@H]3O)[C@@H](O)[C@H](O)[C@H]2O)[C@@H](O)[C@H](O)[C@H]1O. The summed E-state index contributed by atoms with van der Waals surface area (Å²) in [5.41, 5.74) is 0. The Labute approximate surface area is 256 Å². The molecule has 45 heavy (non-hydrogen) atoms. The molecule has 4 saturated heterocycles. The quantitative estimate of drug-likeness (QED) is 0.103. The van der Waals surface area contributed by atoms with E-state index in [4.69, 9.17) is 37.9 Å². The Morgan fingerprint density at radius 2 is 0.911 bits per heavy atom. The van der Waals surface area contributed by atoms with E-state index < -0.39 is 143 Å². The first-order chi connectivity index (χ1) is 21.2. The normalized spacial score (nSPS) is 52.9. The number of rotatable bonds is 10. The molecule has 264 valence electrons. The third-order valence-corrected chi connectivity index (χ3v) is 8.37. The Bertz CT molecular complexity index is 916. The smallest absolute Gasteiger partial charge is 0.187 e. The fourth-order valence-corrected chi connectivity index (χ4v) is 5.56. The molecule has 4 heterocycles. The third kappa shape index (κ3) is 7.76. The van der Waals surface area contributed by atoms with Crippen molar-refractivity contribution in [2.24, 2.45) is 0 Å². The van der Waals surface area contributed by atoms with Crippen molar-refractivity contribution in [2.75, 3.05) is 26.9 Å². The van der Waals surface area contributed by atoms with Gasteiger partial charge in [-0.05, 0) is 6.92 Å². The molecule has 20 atom stereocenters. The van der Waals surface area contributed by atoms with E-state index in [9.17, 15) is 61.3 Å². The molecule has 20 heteroatoms. The van der Waals surface area contributed by atoms with E-state index in [-0.39, 0.29) is 0 Å². The summed E-state index contributed by atoms with van der Waals surface area (Å²) in [6, 6.07) is 0. The minimum Gasteiger partial charge on any atom is -0.394 e. The van der Waals surface area contributed by atoms with Gasteiger partial charge in [0.25, 0.3) is 0 Å². The Hall–Kier alpha value is -0.800. The van der Waals surface area contributed by atoms with Crippen LogP contribution in [0.3, 0.4) is 0 Å². The average molecular weight is 665 g/mol. The van der Waals surface area contributed by atoms with Crippen molar-refractivity contribution in [3.63, 3.8) is 0 Å². The van der Waals surface area contributed by atoms with Crippen molar-refractivity contribution in [3.05, 3.63) is 0 Å². The van der Waals surface area contributed by atoms with Gasteiger partial charge in [0, 0.05) is 7.11 Å². The van der Waals surface area contributed by atoms with Crippen LogP contribution in [0.4, 0.5) is 0 Å². The van der Waals surface area contributed by atoms with Crippen molar-refractivity contribution in [2.45, 2.75) is 130 Å². The number of methoxy groups -OCH3 is 1. The maximum atomic E-state index is 10.5. The lowest BCUT2D eigenvalue weighted by atomic mass is 9.97. The number of aliphatic hydroxyl groups excluding tert-OH is 12. The number of hydrogen-bond acceptors (Lipinski definition) is 20. The zero-order valence-electron chi connectivity index (χ0n) is 24.3. The summed E-state index contributed by atoms with van der Waals surface area (Å²) < 4.78 is 43.4. The molecule has 12 N–H and O–H groups in total. The first kappa shape index (κ1) is 37.0. The third-order valence-electron chi connectivity index (χ3n) is 8.37. The molecule has 0 amide bonds. The molecule has 20 nitrogen and oxygen atoms in total. The summed E-state index contributed by atoms with van der Waals surface area (Å²) in [6.07, 6.45) is -31.3. The van der Waals surface area contributed by atoms with E-state index in [1.807, 2.05) is 0 Å². The second-order valence-corrected chi connectivity index (χ2v) is 11.4. The van der Waals surface area contributed by atoms with E-state index in [1.165, 1.54) is 14.0 Å². The van der Waals surface area contributed by atoms with Crippen LogP contribution >= 0.6 is 0 Å². The van der Waals surface area contributed by atoms with Crippen molar-refractivity contribution in [1.29, 1.82) is 0 Å². The number of aliphatic hydroxyl groups is 12. The predicted octanol–water partition coefficient (Wildman–Crippen LogP) is -8.07. The number of ether oxygens (including phenoxy) is 8. The van der Waals surface area contributed by atoms with Crippen LogP contribution < -0.4 is 0 Å². The summed E-state index contributed by atoms with van der Waals surface area (Å²) in [4.78, 5) is 0. The molecule has 4 aliphatic heterocycles. The van der Waals surface area contributed by atoms with E-state index in [0.717, 1.165) is 0 Å². The Kier molecular flexibility index (Phi) is 12.8. The van der Waals surface area contributed by atoms with Gasteiger partial charge in [-0.2, -0.15) is 0 Å². The molecule has 0 aromatic heterocycles. The molecule has 0 radical (unpaired) electrons.